The molecule has 0 saturated heterocycles. The van der Waals surface area contributed by atoms with Gasteiger partial charge in [-0.3, -0.25) is 4.98 Å². The molecule has 0 aliphatic heterocycles. The molecule has 0 saturated carbocycles. The van der Waals surface area contributed by atoms with Crippen LogP contribution in [0, 0.1) is 12.8 Å². The van der Waals surface area contributed by atoms with E-state index in [-0.39, 0.29) is 5.89 Å². The minimum Gasteiger partial charge on any atom is -0.383 e. The van der Waals surface area contributed by atoms with Crippen LogP contribution < -0.4 is 0 Å². The average Bonchev–Trinajstić information content (AvgIpc) is 2.77. The number of aliphatic hydroxyl groups is 1. The average molecular weight is 247 g/mol. The van der Waals surface area contributed by atoms with E-state index in [1.807, 2.05) is 32.9 Å². The second-order valence-corrected chi connectivity index (χ2v) is 4.82. The third-order valence-electron chi connectivity index (χ3n) is 2.57. The smallest absolute Gasteiger partial charge is 0.255 e. The fourth-order valence-electron chi connectivity index (χ4n) is 1.68. The van der Waals surface area contributed by atoms with Gasteiger partial charge in [0.15, 0.2) is 0 Å². The van der Waals surface area contributed by atoms with E-state index in [0.29, 0.717) is 23.9 Å². The molecule has 2 aromatic rings. The highest BCUT2D eigenvalue weighted by molar-refractivity contribution is 5.48. The Bertz CT molecular complexity index is 522. The van der Waals surface area contributed by atoms with Crippen LogP contribution in [0.4, 0.5) is 0 Å². The standard InChI is InChI=1S/C13H17N3O2/c1-8(2)6-11(17)13-15-12(16-18-13)10-7-9(3)4-5-14-10/h4-5,7-8,11,17H,6H2,1-3H3. The van der Waals surface area contributed by atoms with Gasteiger partial charge in [0, 0.05) is 6.20 Å². The molecule has 2 heterocycles. The third-order valence-corrected chi connectivity index (χ3v) is 2.57. The van der Waals surface area contributed by atoms with Crippen LogP contribution in [0.25, 0.3) is 11.5 Å². The van der Waals surface area contributed by atoms with E-state index in [9.17, 15) is 5.11 Å². The lowest BCUT2D eigenvalue weighted by Gasteiger charge is -2.07. The highest BCUT2D eigenvalue weighted by atomic mass is 16.5. The Kier molecular flexibility index (Phi) is 3.72. The van der Waals surface area contributed by atoms with E-state index in [2.05, 4.69) is 15.1 Å². The van der Waals surface area contributed by atoms with Crippen LogP contribution in [-0.2, 0) is 0 Å². The summed E-state index contributed by atoms with van der Waals surface area (Å²) in [5, 5.41) is 13.7. The van der Waals surface area contributed by atoms with E-state index >= 15 is 0 Å². The SMILES string of the molecule is Cc1ccnc(-c2noc(C(O)CC(C)C)n2)c1. The predicted molar refractivity (Wildman–Crippen MR) is 66.7 cm³/mol. The van der Waals surface area contributed by atoms with Crippen molar-refractivity contribution in [1.29, 1.82) is 0 Å². The van der Waals surface area contributed by atoms with Gasteiger partial charge in [0.05, 0.1) is 0 Å². The fourth-order valence-corrected chi connectivity index (χ4v) is 1.68. The van der Waals surface area contributed by atoms with Gasteiger partial charge in [0.2, 0.25) is 5.82 Å². The maximum atomic E-state index is 9.89. The van der Waals surface area contributed by atoms with Crippen LogP contribution >= 0.6 is 0 Å². The summed E-state index contributed by atoms with van der Waals surface area (Å²) < 4.78 is 5.07. The van der Waals surface area contributed by atoms with Crippen LogP contribution in [-0.4, -0.2) is 20.2 Å². The van der Waals surface area contributed by atoms with E-state index in [1.54, 1.807) is 6.20 Å². The number of pyridine rings is 1. The first-order valence-corrected chi connectivity index (χ1v) is 6.01. The van der Waals surface area contributed by atoms with Crippen molar-refractivity contribution in [3.8, 4) is 11.5 Å². The predicted octanol–water partition coefficient (Wildman–Crippen LogP) is 2.52. The van der Waals surface area contributed by atoms with Crippen molar-refractivity contribution >= 4 is 0 Å². The Labute approximate surface area is 106 Å². The molecule has 0 bridgehead atoms. The van der Waals surface area contributed by atoms with Gasteiger partial charge in [-0.25, -0.2) is 0 Å². The molecule has 1 unspecified atom stereocenters. The summed E-state index contributed by atoms with van der Waals surface area (Å²) in [6.07, 6.45) is 1.59. The first-order valence-electron chi connectivity index (χ1n) is 6.01. The largest absolute Gasteiger partial charge is 0.383 e. The molecule has 5 heteroatoms. The Morgan fingerprint density at radius 2 is 2.17 bits per heavy atom. The number of hydrogen-bond acceptors (Lipinski definition) is 5. The normalized spacial score (nSPS) is 12.9. The third kappa shape index (κ3) is 2.92. The fraction of sp³-hybridized carbons (Fsp3) is 0.462. The lowest BCUT2D eigenvalue weighted by Crippen LogP contribution is -2.02. The van der Waals surface area contributed by atoms with Gasteiger partial charge < -0.3 is 9.63 Å². The Hall–Kier alpha value is -1.75. The van der Waals surface area contributed by atoms with Crippen LogP contribution in [0.5, 0.6) is 0 Å². The Morgan fingerprint density at radius 1 is 1.39 bits per heavy atom. The highest BCUT2D eigenvalue weighted by Gasteiger charge is 2.18. The molecule has 2 rings (SSSR count). The summed E-state index contributed by atoms with van der Waals surface area (Å²) in [5.74, 6) is 1.03. The summed E-state index contributed by atoms with van der Waals surface area (Å²) >= 11 is 0. The van der Waals surface area contributed by atoms with Gasteiger partial charge in [-0.1, -0.05) is 19.0 Å². The molecule has 0 radical (unpaired) electrons. The van der Waals surface area contributed by atoms with Crippen LogP contribution in [0.1, 0.15) is 37.8 Å². The van der Waals surface area contributed by atoms with Crippen LogP contribution in [0.2, 0.25) is 0 Å². The van der Waals surface area contributed by atoms with Crippen molar-refractivity contribution in [2.24, 2.45) is 5.92 Å². The summed E-state index contributed by atoms with van der Waals surface area (Å²) in [4.78, 5) is 8.36. The summed E-state index contributed by atoms with van der Waals surface area (Å²) in [5.41, 5.74) is 1.73. The summed E-state index contributed by atoms with van der Waals surface area (Å²) in [6, 6.07) is 3.78. The van der Waals surface area contributed by atoms with Gasteiger partial charge in [-0.05, 0) is 37.0 Å². The number of aryl methyl sites for hydroxylation is 1. The van der Waals surface area contributed by atoms with Crippen LogP contribution in [0.15, 0.2) is 22.9 Å². The Morgan fingerprint density at radius 3 is 2.83 bits per heavy atom. The molecule has 0 aliphatic rings. The molecule has 0 fully saturated rings. The maximum absolute atomic E-state index is 9.89. The highest BCUT2D eigenvalue weighted by Crippen LogP contribution is 2.22. The molecule has 0 aromatic carbocycles. The van der Waals surface area contributed by atoms with Crippen molar-refractivity contribution in [3.63, 3.8) is 0 Å². The van der Waals surface area contributed by atoms with E-state index in [1.165, 1.54) is 0 Å². The molecule has 1 N–H and O–H groups in total. The molecule has 5 nitrogen and oxygen atoms in total. The number of rotatable bonds is 4. The van der Waals surface area contributed by atoms with Crippen molar-refractivity contribution in [3.05, 3.63) is 29.8 Å². The van der Waals surface area contributed by atoms with E-state index in [4.69, 9.17) is 4.52 Å². The van der Waals surface area contributed by atoms with E-state index in [0.717, 1.165) is 5.56 Å². The molecular formula is C13H17N3O2. The first kappa shape index (κ1) is 12.7. The van der Waals surface area contributed by atoms with Gasteiger partial charge in [-0.2, -0.15) is 4.98 Å². The lowest BCUT2D eigenvalue weighted by molar-refractivity contribution is 0.111. The number of aromatic nitrogens is 3. The van der Waals surface area contributed by atoms with Gasteiger partial charge >= 0.3 is 0 Å². The summed E-state index contributed by atoms with van der Waals surface area (Å²) in [6.45, 7) is 6.03. The van der Waals surface area contributed by atoms with Gasteiger partial charge in [0.1, 0.15) is 11.8 Å². The zero-order valence-electron chi connectivity index (χ0n) is 10.8. The molecule has 0 amide bonds. The minimum absolute atomic E-state index is 0.252. The Balaban J connectivity index is 2.20. The number of nitrogens with zero attached hydrogens (tertiary/aromatic N) is 3. The zero-order valence-corrected chi connectivity index (χ0v) is 10.8. The molecule has 0 spiro atoms. The summed E-state index contributed by atoms with van der Waals surface area (Å²) in [7, 11) is 0. The quantitative estimate of drug-likeness (QED) is 0.898. The van der Waals surface area contributed by atoms with Crippen molar-refractivity contribution in [1.82, 2.24) is 15.1 Å². The van der Waals surface area contributed by atoms with E-state index < -0.39 is 6.10 Å². The lowest BCUT2D eigenvalue weighted by atomic mass is 10.1. The molecule has 0 aliphatic carbocycles. The van der Waals surface area contributed by atoms with Gasteiger partial charge in [0.25, 0.3) is 5.89 Å². The molecule has 18 heavy (non-hydrogen) atoms. The van der Waals surface area contributed by atoms with Crippen molar-refractivity contribution in [2.75, 3.05) is 0 Å². The van der Waals surface area contributed by atoms with Crippen molar-refractivity contribution in [2.45, 2.75) is 33.3 Å². The van der Waals surface area contributed by atoms with Gasteiger partial charge in [-0.15, -0.1) is 0 Å². The monoisotopic (exact) mass is 247 g/mol. The topological polar surface area (TPSA) is 72.0 Å². The molecule has 1 atom stereocenters. The van der Waals surface area contributed by atoms with Crippen LogP contribution in [0.3, 0.4) is 0 Å². The minimum atomic E-state index is -0.712. The first-order chi connectivity index (χ1) is 8.56. The second kappa shape index (κ2) is 5.27. The number of hydrogen-bond donors (Lipinski definition) is 1. The maximum Gasteiger partial charge on any atom is 0.255 e. The molecular weight excluding hydrogens is 230 g/mol. The molecule has 2 aromatic heterocycles. The molecule has 96 valence electrons. The zero-order chi connectivity index (χ0) is 13.1. The van der Waals surface area contributed by atoms with Crippen molar-refractivity contribution < 1.29 is 9.63 Å². The number of aliphatic hydroxyl groups excluding tert-OH is 1. The second-order valence-electron chi connectivity index (χ2n) is 4.82.